The molecule has 0 bridgehead atoms. The minimum atomic E-state index is 0.228. The molecular weight excluding hydrogens is 291 g/mol. The van der Waals surface area contributed by atoms with E-state index in [0.29, 0.717) is 16.8 Å². The van der Waals surface area contributed by atoms with E-state index in [2.05, 4.69) is 26.2 Å². The van der Waals surface area contributed by atoms with Crippen LogP contribution in [-0.4, -0.2) is 22.7 Å². The Morgan fingerprint density at radius 3 is 3.06 bits per heavy atom. The molecule has 1 fully saturated rings. The number of aliphatic hydroxyl groups excluding tert-OH is 1. The Bertz CT molecular complexity index is 375. The second-order valence-corrected chi connectivity index (χ2v) is 5.43. The summed E-state index contributed by atoms with van der Waals surface area (Å²) in [6, 6.07) is 2.11. The van der Waals surface area contributed by atoms with Crippen molar-refractivity contribution in [3.8, 4) is 0 Å². The number of aliphatic hydroxyl groups is 1. The quantitative estimate of drug-likeness (QED) is 0.902. The number of aromatic nitrogens is 1. The van der Waals surface area contributed by atoms with Crippen LogP contribution in [-0.2, 0) is 0 Å². The number of hydrogen-bond donors (Lipinski definition) is 2. The molecule has 2 rings (SSSR count). The first kappa shape index (κ1) is 12.1. The van der Waals surface area contributed by atoms with Crippen LogP contribution >= 0.6 is 27.5 Å². The molecule has 0 aliphatic heterocycles. The Morgan fingerprint density at radius 2 is 2.38 bits per heavy atom. The highest BCUT2D eigenvalue weighted by molar-refractivity contribution is 9.10. The summed E-state index contributed by atoms with van der Waals surface area (Å²) in [5.74, 6) is 1.02. The third-order valence-corrected chi connectivity index (χ3v) is 3.75. The SMILES string of the molecule is OCC1CCCC1Nc1ncc(Br)cc1Cl. The van der Waals surface area contributed by atoms with Crippen LogP contribution in [0.5, 0.6) is 0 Å². The second kappa shape index (κ2) is 5.34. The highest BCUT2D eigenvalue weighted by Crippen LogP contribution is 2.30. The summed E-state index contributed by atoms with van der Waals surface area (Å²) in [5, 5.41) is 13.1. The maximum atomic E-state index is 9.23. The first-order valence-electron chi connectivity index (χ1n) is 5.39. The van der Waals surface area contributed by atoms with Crippen LogP contribution in [0.3, 0.4) is 0 Å². The Labute approximate surface area is 108 Å². The molecule has 1 aromatic rings. The predicted molar refractivity (Wildman–Crippen MR) is 68.8 cm³/mol. The Hall–Kier alpha value is -0.320. The van der Waals surface area contributed by atoms with Crippen LogP contribution in [0.1, 0.15) is 19.3 Å². The Balaban J connectivity index is 2.08. The second-order valence-electron chi connectivity index (χ2n) is 4.11. The summed E-state index contributed by atoms with van der Waals surface area (Å²) < 4.78 is 0.869. The van der Waals surface area contributed by atoms with Gasteiger partial charge in [0, 0.05) is 29.2 Å². The van der Waals surface area contributed by atoms with E-state index in [-0.39, 0.29) is 12.6 Å². The van der Waals surface area contributed by atoms with Crippen molar-refractivity contribution >= 4 is 33.3 Å². The van der Waals surface area contributed by atoms with Crippen molar-refractivity contribution in [1.82, 2.24) is 4.98 Å². The average Bonchev–Trinajstić information content (AvgIpc) is 2.69. The molecule has 2 atom stereocenters. The number of halogens is 2. The molecule has 1 heterocycles. The van der Waals surface area contributed by atoms with Gasteiger partial charge in [-0.2, -0.15) is 0 Å². The number of rotatable bonds is 3. The van der Waals surface area contributed by atoms with Crippen LogP contribution in [0.2, 0.25) is 5.02 Å². The lowest BCUT2D eigenvalue weighted by atomic mass is 10.1. The van der Waals surface area contributed by atoms with E-state index in [1.807, 2.05) is 6.07 Å². The summed E-state index contributed by atoms with van der Waals surface area (Å²) in [5.41, 5.74) is 0. The minimum absolute atomic E-state index is 0.228. The van der Waals surface area contributed by atoms with Gasteiger partial charge in [-0.1, -0.05) is 18.0 Å². The van der Waals surface area contributed by atoms with Gasteiger partial charge in [-0.05, 0) is 34.8 Å². The summed E-state index contributed by atoms with van der Waals surface area (Å²) in [7, 11) is 0. The lowest BCUT2D eigenvalue weighted by molar-refractivity contribution is 0.222. The van der Waals surface area contributed by atoms with Gasteiger partial charge in [0.2, 0.25) is 0 Å². The zero-order valence-electron chi connectivity index (χ0n) is 8.79. The highest BCUT2D eigenvalue weighted by Gasteiger charge is 2.27. The maximum Gasteiger partial charge on any atom is 0.145 e. The normalized spacial score (nSPS) is 24.7. The number of anilines is 1. The first-order chi connectivity index (χ1) is 7.70. The van der Waals surface area contributed by atoms with Crippen LogP contribution in [0.15, 0.2) is 16.7 Å². The van der Waals surface area contributed by atoms with E-state index in [4.69, 9.17) is 11.6 Å². The summed E-state index contributed by atoms with van der Waals surface area (Å²) >= 11 is 9.40. The molecule has 1 aliphatic rings. The molecule has 0 aromatic carbocycles. The first-order valence-corrected chi connectivity index (χ1v) is 6.56. The molecule has 2 unspecified atom stereocenters. The summed E-state index contributed by atoms with van der Waals surface area (Å²) in [6.07, 6.45) is 5.01. The molecule has 16 heavy (non-hydrogen) atoms. The number of hydrogen-bond acceptors (Lipinski definition) is 3. The smallest absolute Gasteiger partial charge is 0.145 e. The van der Waals surface area contributed by atoms with Crippen molar-refractivity contribution in [2.75, 3.05) is 11.9 Å². The molecule has 1 aromatic heterocycles. The summed E-state index contributed by atoms with van der Waals surface area (Å²) in [6.45, 7) is 0.228. The lowest BCUT2D eigenvalue weighted by Crippen LogP contribution is -2.26. The van der Waals surface area contributed by atoms with Gasteiger partial charge in [0.1, 0.15) is 5.82 Å². The average molecular weight is 306 g/mol. The third-order valence-electron chi connectivity index (χ3n) is 3.02. The number of nitrogens with one attached hydrogen (secondary N) is 1. The largest absolute Gasteiger partial charge is 0.396 e. The van der Waals surface area contributed by atoms with Crippen molar-refractivity contribution in [2.24, 2.45) is 5.92 Å². The molecule has 5 heteroatoms. The van der Waals surface area contributed by atoms with Gasteiger partial charge in [0.25, 0.3) is 0 Å². The fourth-order valence-corrected chi connectivity index (χ4v) is 2.83. The van der Waals surface area contributed by atoms with Crippen LogP contribution in [0.4, 0.5) is 5.82 Å². The van der Waals surface area contributed by atoms with Crippen LogP contribution in [0.25, 0.3) is 0 Å². The lowest BCUT2D eigenvalue weighted by Gasteiger charge is -2.20. The zero-order valence-corrected chi connectivity index (χ0v) is 11.1. The molecule has 1 aliphatic carbocycles. The molecule has 0 amide bonds. The van der Waals surface area contributed by atoms with E-state index in [1.54, 1.807) is 6.20 Å². The monoisotopic (exact) mass is 304 g/mol. The van der Waals surface area contributed by atoms with Crippen molar-refractivity contribution in [3.05, 3.63) is 21.8 Å². The van der Waals surface area contributed by atoms with E-state index in [1.165, 1.54) is 0 Å². The van der Waals surface area contributed by atoms with E-state index in [9.17, 15) is 5.11 Å². The summed E-state index contributed by atoms with van der Waals surface area (Å²) in [4.78, 5) is 4.24. The van der Waals surface area contributed by atoms with Gasteiger partial charge in [-0.25, -0.2) is 4.98 Å². The van der Waals surface area contributed by atoms with Gasteiger partial charge >= 0.3 is 0 Å². The van der Waals surface area contributed by atoms with Crippen LogP contribution < -0.4 is 5.32 Å². The molecule has 2 N–H and O–H groups in total. The minimum Gasteiger partial charge on any atom is -0.396 e. The molecule has 1 saturated carbocycles. The van der Waals surface area contributed by atoms with Gasteiger partial charge < -0.3 is 10.4 Å². The Kier molecular flexibility index (Phi) is 4.05. The van der Waals surface area contributed by atoms with Gasteiger partial charge in [0.15, 0.2) is 0 Å². The zero-order chi connectivity index (χ0) is 11.5. The molecule has 88 valence electrons. The topological polar surface area (TPSA) is 45.1 Å². The standard InChI is InChI=1S/C11H14BrClN2O/c12-8-4-9(13)11(14-5-8)15-10-3-1-2-7(10)6-16/h4-5,7,10,16H,1-3,6H2,(H,14,15). The Morgan fingerprint density at radius 1 is 1.56 bits per heavy atom. The number of nitrogens with zero attached hydrogens (tertiary/aromatic N) is 1. The fourth-order valence-electron chi connectivity index (χ4n) is 2.14. The van der Waals surface area contributed by atoms with Crippen molar-refractivity contribution in [2.45, 2.75) is 25.3 Å². The predicted octanol–water partition coefficient (Wildman–Crippen LogP) is 3.07. The molecule has 3 nitrogen and oxygen atoms in total. The molecule has 0 saturated heterocycles. The van der Waals surface area contributed by atoms with E-state index in [0.717, 1.165) is 23.7 Å². The molecule has 0 radical (unpaired) electrons. The molecule has 0 spiro atoms. The van der Waals surface area contributed by atoms with Crippen molar-refractivity contribution < 1.29 is 5.11 Å². The van der Waals surface area contributed by atoms with Crippen molar-refractivity contribution in [1.29, 1.82) is 0 Å². The van der Waals surface area contributed by atoms with Gasteiger partial charge in [-0.3, -0.25) is 0 Å². The number of pyridine rings is 1. The van der Waals surface area contributed by atoms with E-state index < -0.39 is 0 Å². The fraction of sp³-hybridized carbons (Fsp3) is 0.545. The van der Waals surface area contributed by atoms with E-state index >= 15 is 0 Å². The third kappa shape index (κ3) is 2.67. The van der Waals surface area contributed by atoms with Gasteiger partial charge in [-0.15, -0.1) is 0 Å². The van der Waals surface area contributed by atoms with Crippen LogP contribution in [0, 0.1) is 5.92 Å². The van der Waals surface area contributed by atoms with Gasteiger partial charge in [0.05, 0.1) is 5.02 Å². The maximum absolute atomic E-state index is 9.23. The highest BCUT2D eigenvalue weighted by atomic mass is 79.9. The van der Waals surface area contributed by atoms with Crippen molar-refractivity contribution in [3.63, 3.8) is 0 Å². The molecular formula is C11H14BrClN2O.